The summed E-state index contributed by atoms with van der Waals surface area (Å²) in [6, 6.07) is 9.85. The van der Waals surface area contributed by atoms with Gasteiger partial charge >= 0.3 is 0 Å². The van der Waals surface area contributed by atoms with Crippen LogP contribution in [-0.2, 0) is 9.84 Å². The first-order valence-corrected chi connectivity index (χ1v) is 11.9. The number of sulfone groups is 1. The molecule has 1 aliphatic rings. The fraction of sp³-hybridized carbons (Fsp3) is 0.467. The van der Waals surface area contributed by atoms with Gasteiger partial charge in [-0.15, -0.1) is 0 Å². The van der Waals surface area contributed by atoms with E-state index in [1.807, 2.05) is 12.1 Å². The molecular weight excluding hydrogens is 272 g/mol. The topological polar surface area (TPSA) is 34.1 Å². The lowest BCUT2D eigenvalue weighted by Crippen LogP contribution is -2.22. The van der Waals surface area contributed by atoms with Crippen molar-refractivity contribution in [3.8, 4) is 0 Å². The lowest BCUT2D eigenvalue weighted by Gasteiger charge is -2.15. The van der Waals surface area contributed by atoms with E-state index in [2.05, 4.69) is 25.7 Å². The summed E-state index contributed by atoms with van der Waals surface area (Å²) in [5, 5.41) is 0. The lowest BCUT2D eigenvalue weighted by molar-refractivity contribution is 0.587. The van der Waals surface area contributed by atoms with Crippen LogP contribution in [0.2, 0.25) is 25.7 Å². The van der Waals surface area contributed by atoms with Crippen LogP contribution in [0.3, 0.4) is 0 Å². The summed E-state index contributed by atoms with van der Waals surface area (Å²) in [7, 11) is -4.37. The van der Waals surface area contributed by atoms with Gasteiger partial charge in [0.1, 0.15) is 0 Å². The molecule has 0 aliphatic heterocycles. The van der Waals surface area contributed by atoms with Crippen LogP contribution in [0.15, 0.2) is 47.4 Å². The third-order valence-electron chi connectivity index (χ3n) is 3.48. The normalized spacial score (nSPS) is 18.7. The average molecular weight is 294 g/mol. The summed E-state index contributed by atoms with van der Waals surface area (Å²) in [6.07, 6.45) is 5.56. The van der Waals surface area contributed by atoms with E-state index in [9.17, 15) is 8.42 Å². The third-order valence-corrected chi connectivity index (χ3v) is 7.45. The van der Waals surface area contributed by atoms with Gasteiger partial charge in [0.15, 0.2) is 9.84 Å². The zero-order valence-corrected chi connectivity index (χ0v) is 13.7. The Kier molecular flexibility index (Phi) is 3.75. The van der Waals surface area contributed by atoms with Crippen LogP contribution >= 0.6 is 0 Å². The van der Waals surface area contributed by atoms with Gasteiger partial charge < -0.3 is 0 Å². The highest BCUT2D eigenvalue weighted by Gasteiger charge is 2.52. The summed E-state index contributed by atoms with van der Waals surface area (Å²) in [4.78, 5) is 0.449. The van der Waals surface area contributed by atoms with Crippen molar-refractivity contribution < 1.29 is 8.42 Å². The standard InChI is InChI=1S/C15H22O2SSi/c1-19(2,3)13-7-10-15(11-12-15)18(16,17)14-8-5-4-6-9-14/h4-10H,11-13H2,1-3H3/b10-7+. The summed E-state index contributed by atoms with van der Waals surface area (Å²) in [6.45, 7) is 6.88. The lowest BCUT2D eigenvalue weighted by atomic mass is 10.3. The molecule has 1 aromatic rings. The Morgan fingerprint density at radius 1 is 1.16 bits per heavy atom. The Hall–Kier alpha value is -0.873. The second-order valence-corrected chi connectivity index (χ2v) is 14.4. The van der Waals surface area contributed by atoms with Crippen LogP contribution in [0.4, 0.5) is 0 Å². The van der Waals surface area contributed by atoms with Gasteiger partial charge in [0.2, 0.25) is 0 Å². The quantitative estimate of drug-likeness (QED) is 0.610. The number of allylic oxidation sites excluding steroid dienone is 1. The van der Waals surface area contributed by atoms with Crippen molar-refractivity contribution in [3.63, 3.8) is 0 Å². The zero-order chi connectivity index (χ0) is 14.1. The number of rotatable bonds is 5. The largest absolute Gasteiger partial charge is 0.223 e. The number of benzene rings is 1. The monoisotopic (exact) mass is 294 g/mol. The molecule has 0 radical (unpaired) electrons. The first kappa shape index (κ1) is 14.5. The fourth-order valence-corrected chi connectivity index (χ4v) is 4.83. The molecule has 0 heterocycles. The molecule has 104 valence electrons. The van der Waals surface area contributed by atoms with E-state index in [1.165, 1.54) is 0 Å². The van der Waals surface area contributed by atoms with Gasteiger partial charge in [-0.3, -0.25) is 0 Å². The summed E-state index contributed by atoms with van der Waals surface area (Å²) < 4.78 is 24.6. The highest BCUT2D eigenvalue weighted by molar-refractivity contribution is 7.93. The predicted molar refractivity (Wildman–Crippen MR) is 82.9 cm³/mol. The van der Waals surface area contributed by atoms with Crippen LogP contribution in [-0.4, -0.2) is 21.2 Å². The molecule has 0 bridgehead atoms. The van der Waals surface area contributed by atoms with E-state index in [1.54, 1.807) is 24.3 Å². The maximum Gasteiger partial charge on any atom is 0.187 e. The molecule has 0 aromatic heterocycles. The van der Waals surface area contributed by atoms with E-state index in [0.29, 0.717) is 4.90 Å². The van der Waals surface area contributed by atoms with Gasteiger partial charge in [-0.25, -0.2) is 8.42 Å². The molecule has 0 unspecified atom stereocenters. The van der Waals surface area contributed by atoms with Crippen molar-refractivity contribution in [2.75, 3.05) is 0 Å². The molecule has 0 N–H and O–H groups in total. The molecule has 2 nitrogen and oxygen atoms in total. The second kappa shape index (κ2) is 4.91. The van der Waals surface area contributed by atoms with Gasteiger partial charge in [-0.1, -0.05) is 50.0 Å². The van der Waals surface area contributed by atoms with Crippen LogP contribution in [0.5, 0.6) is 0 Å². The van der Waals surface area contributed by atoms with E-state index in [0.717, 1.165) is 18.9 Å². The van der Waals surface area contributed by atoms with Crippen molar-refractivity contribution in [1.82, 2.24) is 0 Å². The van der Waals surface area contributed by atoms with Crippen LogP contribution < -0.4 is 0 Å². The van der Waals surface area contributed by atoms with Gasteiger partial charge in [0, 0.05) is 8.07 Å². The predicted octanol–water partition coefficient (Wildman–Crippen LogP) is 3.89. The van der Waals surface area contributed by atoms with E-state index in [-0.39, 0.29) is 0 Å². The van der Waals surface area contributed by atoms with Crippen molar-refractivity contribution in [3.05, 3.63) is 42.5 Å². The number of hydrogen-bond acceptors (Lipinski definition) is 2. The Morgan fingerprint density at radius 2 is 1.74 bits per heavy atom. The Bertz CT molecular complexity index is 564. The third kappa shape index (κ3) is 3.18. The van der Waals surface area contributed by atoms with Crippen molar-refractivity contribution in [1.29, 1.82) is 0 Å². The first-order valence-electron chi connectivity index (χ1n) is 6.74. The molecule has 0 amide bonds. The summed E-state index contributed by atoms with van der Waals surface area (Å²) in [5.74, 6) is 0. The summed E-state index contributed by atoms with van der Waals surface area (Å²) >= 11 is 0. The molecule has 0 spiro atoms. The minimum absolute atomic E-state index is 0.449. The van der Waals surface area contributed by atoms with Crippen LogP contribution in [0.1, 0.15) is 12.8 Å². The van der Waals surface area contributed by atoms with Gasteiger partial charge in [-0.2, -0.15) is 0 Å². The smallest absolute Gasteiger partial charge is 0.187 e. The van der Waals surface area contributed by atoms with E-state index >= 15 is 0 Å². The zero-order valence-electron chi connectivity index (χ0n) is 11.9. The van der Waals surface area contributed by atoms with E-state index in [4.69, 9.17) is 0 Å². The molecule has 1 aliphatic carbocycles. The van der Waals surface area contributed by atoms with Gasteiger partial charge in [0.05, 0.1) is 9.64 Å². The minimum atomic E-state index is -3.22. The maximum atomic E-state index is 12.6. The van der Waals surface area contributed by atoms with Crippen molar-refractivity contribution >= 4 is 17.9 Å². The molecule has 0 saturated heterocycles. The first-order chi connectivity index (χ1) is 8.77. The SMILES string of the molecule is C[Si](C)(C)C/C=C/C1(S(=O)(=O)c2ccccc2)CC1. The molecule has 1 fully saturated rings. The molecule has 4 heteroatoms. The average Bonchev–Trinajstić information content (AvgIpc) is 3.10. The van der Waals surface area contributed by atoms with Crippen molar-refractivity contribution in [2.24, 2.45) is 0 Å². The highest BCUT2D eigenvalue weighted by atomic mass is 32.2. The summed E-state index contributed by atoms with van der Waals surface area (Å²) in [5.41, 5.74) is 0. The molecule has 2 rings (SSSR count). The minimum Gasteiger partial charge on any atom is -0.223 e. The molecule has 0 atom stereocenters. The highest BCUT2D eigenvalue weighted by Crippen LogP contribution is 2.48. The maximum absolute atomic E-state index is 12.6. The van der Waals surface area contributed by atoms with E-state index < -0.39 is 22.7 Å². The Balaban J connectivity index is 2.22. The Labute approximate surface area is 117 Å². The fourth-order valence-electron chi connectivity index (χ4n) is 2.11. The van der Waals surface area contributed by atoms with Crippen molar-refractivity contribution in [2.45, 2.75) is 48.2 Å². The van der Waals surface area contributed by atoms with Gasteiger partial charge in [-0.05, 0) is 31.0 Å². The second-order valence-electron chi connectivity index (χ2n) is 6.55. The number of hydrogen-bond donors (Lipinski definition) is 0. The molecule has 1 aromatic carbocycles. The molecule has 1 saturated carbocycles. The molecule has 19 heavy (non-hydrogen) atoms. The van der Waals surface area contributed by atoms with Crippen LogP contribution in [0.25, 0.3) is 0 Å². The molecular formula is C15H22O2SSi. The van der Waals surface area contributed by atoms with Crippen LogP contribution in [0, 0.1) is 0 Å². The Morgan fingerprint density at radius 3 is 2.21 bits per heavy atom. The van der Waals surface area contributed by atoms with Gasteiger partial charge in [0.25, 0.3) is 0 Å².